The molecule has 3 unspecified atom stereocenters. The molecule has 2 rings (SSSR count). The SMILES string of the molecule is CSCCC(NC(=O)c1cccc([N+](=O)[O-])c1)C(=O)NC1CCCC(C)C1. The highest BCUT2D eigenvalue weighted by Crippen LogP contribution is 2.23. The number of carbonyl (C=O) groups excluding carboxylic acids is 2. The van der Waals surface area contributed by atoms with Crippen LogP contribution in [0.1, 0.15) is 49.4 Å². The van der Waals surface area contributed by atoms with Crippen LogP contribution in [-0.2, 0) is 4.79 Å². The summed E-state index contributed by atoms with van der Waals surface area (Å²) in [7, 11) is 0. The molecule has 8 heteroatoms. The molecule has 0 aromatic heterocycles. The summed E-state index contributed by atoms with van der Waals surface area (Å²) in [6, 6.07) is 5.03. The number of benzene rings is 1. The summed E-state index contributed by atoms with van der Waals surface area (Å²) in [6.45, 7) is 2.19. The van der Waals surface area contributed by atoms with Gasteiger partial charge in [0.15, 0.2) is 0 Å². The summed E-state index contributed by atoms with van der Waals surface area (Å²) in [5.41, 5.74) is 0.0291. The van der Waals surface area contributed by atoms with Gasteiger partial charge in [-0.1, -0.05) is 25.8 Å². The Bertz CT molecular complexity index is 683. The number of hydrogen-bond acceptors (Lipinski definition) is 5. The minimum Gasteiger partial charge on any atom is -0.352 e. The molecule has 148 valence electrons. The van der Waals surface area contributed by atoms with Gasteiger partial charge in [0.2, 0.25) is 5.91 Å². The highest BCUT2D eigenvalue weighted by Gasteiger charge is 2.26. The molecule has 0 radical (unpaired) electrons. The molecule has 7 nitrogen and oxygen atoms in total. The van der Waals surface area contributed by atoms with Gasteiger partial charge in [0, 0.05) is 23.7 Å². The van der Waals surface area contributed by atoms with Crippen molar-refractivity contribution in [1.82, 2.24) is 10.6 Å². The average molecular weight is 394 g/mol. The van der Waals surface area contributed by atoms with Crippen LogP contribution in [0.3, 0.4) is 0 Å². The first-order chi connectivity index (χ1) is 12.9. The van der Waals surface area contributed by atoms with Gasteiger partial charge >= 0.3 is 0 Å². The normalized spacial score (nSPS) is 20.5. The van der Waals surface area contributed by atoms with E-state index in [0.717, 1.165) is 25.0 Å². The molecule has 27 heavy (non-hydrogen) atoms. The van der Waals surface area contributed by atoms with E-state index in [-0.39, 0.29) is 23.2 Å². The summed E-state index contributed by atoms with van der Waals surface area (Å²) in [4.78, 5) is 35.6. The summed E-state index contributed by atoms with van der Waals surface area (Å²) < 4.78 is 0. The quantitative estimate of drug-likeness (QED) is 0.522. The van der Waals surface area contributed by atoms with Crippen molar-refractivity contribution in [3.63, 3.8) is 0 Å². The Labute approximate surface area is 163 Å². The smallest absolute Gasteiger partial charge is 0.270 e. The lowest BCUT2D eigenvalue weighted by Gasteiger charge is -2.29. The van der Waals surface area contributed by atoms with Crippen LogP contribution in [0.25, 0.3) is 0 Å². The second-order valence-electron chi connectivity index (χ2n) is 7.09. The van der Waals surface area contributed by atoms with Gasteiger partial charge in [-0.25, -0.2) is 0 Å². The minimum atomic E-state index is -0.651. The standard InChI is InChI=1S/C19H27N3O4S/c1-13-5-3-7-15(11-13)20-19(24)17(9-10-27-2)21-18(23)14-6-4-8-16(12-14)22(25)26/h4,6,8,12-13,15,17H,3,5,7,9-11H2,1-2H3,(H,20,24)(H,21,23). The van der Waals surface area contributed by atoms with E-state index in [2.05, 4.69) is 17.6 Å². The molecule has 2 amide bonds. The molecule has 0 bridgehead atoms. The molecule has 3 atom stereocenters. The van der Waals surface area contributed by atoms with Crippen molar-refractivity contribution in [2.24, 2.45) is 5.92 Å². The molecular formula is C19H27N3O4S. The lowest BCUT2D eigenvalue weighted by atomic mass is 9.87. The van der Waals surface area contributed by atoms with Crippen molar-refractivity contribution in [2.75, 3.05) is 12.0 Å². The summed E-state index contributed by atoms with van der Waals surface area (Å²) in [5.74, 6) is 0.668. The molecule has 1 aliphatic rings. The van der Waals surface area contributed by atoms with E-state index in [9.17, 15) is 19.7 Å². The number of carbonyl (C=O) groups is 2. The Morgan fingerprint density at radius 2 is 2.15 bits per heavy atom. The second-order valence-corrected chi connectivity index (χ2v) is 8.08. The van der Waals surface area contributed by atoms with Crippen LogP contribution in [0.15, 0.2) is 24.3 Å². The zero-order chi connectivity index (χ0) is 19.8. The van der Waals surface area contributed by atoms with Crippen LogP contribution in [0.5, 0.6) is 0 Å². The van der Waals surface area contributed by atoms with Crippen molar-refractivity contribution in [2.45, 2.75) is 51.1 Å². The average Bonchev–Trinajstić information content (AvgIpc) is 2.65. The van der Waals surface area contributed by atoms with Crippen LogP contribution in [0.2, 0.25) is 0 Å². The van der Waals surface area contributed by atoms with Gasteiger partial charge in [-0.15, -0.1) is 0 Å². The first-order valence-electron chi connectivity index (χ1n) is 9.25. The topological polar surface area (TPSA) is 101 Å². The molecular weight excluding hydrogens is 366 g/mol. The molecule has 1 aliphatic carbocycles. The van der Waals surface area contributed by atoms with Gasteiger partial charge in [0.05, 0.1) is 4.92 Å². The maximum Gasteiger partial charge on any atom is 0.270 e. The van der Waals surface area contributed by atoms with Gasteiger partial charge in [-0.05, 0) is 43.3 Å². The Hall–Kier alpha value is -2.09. The summed E-state index contributed by atoms with van der Waals surface area (Å²) in [5, 5.41) is 16.7. The van der Waals surface area contributed by atoms with E-state index in [1.807, 2.05) is 6.26 Å². The highest BCUT2D eigenvalue weighted by atomic mass is 32.2. The van der Waals surface area contributed by atoms with E-state index in [4.69, 9.17) is 0 Å². The zero-order valence-corrected chi connectivity index (χ0v) is 16.6. The van der Waals surface area contributed by atoms with Gasteiger partial charge in [-0.2, -0.15) is 11.8 Å². The fourth-order valence-electron chi connectivity index (χ4n) is 3.37. The van der Waals surface area contributed by atoms with Crippen LogP contribution >= 0.6 is 11.8 Å². The second kappa shape index (κ2) is 10.3. The number of nitrogens with zero attached hydrogens (tertiary/aromatic N) is 1. The van der Waals surface area contributed by atoms with Gasteiger partial charge in [0.1, 0.15) is 6.04 Å². The third kappa shape index (κ3) is 6.53. The fourth-order valence-corrected chi connectivity index (χ4v) is 3.85. The summed E-state index contributed by atoms with van der Waals surface area (Å²) in [6.07, 6.45) is 6.66. The van der Waals surface area contributed by atoms with Crippen molar-refractivity contribution in [1.29, 1.82) is 0 Å². The number of amides is 2. The van der Waals surface area contributed by atoms with Gasteiger partial charge in [-0.3, -0.25) is 19.7 Å². The largest absolute Gasteiger partial charge is 0.352 e. The maximum atomic E-state index is 12.7. The van der Waals surface area contributed by atoms with E-state index >= 15 is 0 Å². The van der Waals surface area contributed by atoms with Gasteiger partial charge in [0.25, 0.3) is 11.6 Å². The minimum absolute atomic E-state index is 0.146. The Morgan fingerprint density at radius 3 is 2.81 bits per heavy atom. The van der Waals surface area contributed by atoms with E-state index < -0.39 is 16.9 Å². The maximum absolute atomic E-state index is 12.7. The molecule has 1 fully saturated rings. The molecule has 0 saturated heterocycles. The third-order valence-corrected chi connectivity index (χ3v) is 5.48. The van der Waals surface area contributed by atoms with Crippen LogP contribution in [0.4, 0.5) is 5.69 Å². The molecule has 1 saturated carbocycles. The number of non-ortho nitro benzene ring substituents is 1. The lowest BCUT2D eigenvalue weighted by Crippen LogP contribution is -2.50. The molecule has 1 aromatic rings. The lowest BCUT2D eigenvalue weighted by molar-refractivity contribution is -0.384. The van der Waals surface area contributed by atoms with Crippen molar-refractivity contribution in [3.05, 3.63) is 39.9 Å². The Balaban J connectivity index is 2.04. The van der Waals surface area contributed by atoms with Crippen LogP contribution < -0.4 is 10.6 Å². The van der Waals surface area contributed by atoms with Crippen molar-refractivity contribution < 1.29 is 14.5 Å². The summed E-state index contributed by atoms with van der Waals surface area (Å²) >= 11 is 1.60. The number of nitro groups is 1. The molecule has 2 N–H and O–H groups in total. The number of hydrogen-bond donors (Lipinski definition) is 2. The molecule has 0 heterocycles. The first kappa shape index (κ1) is 21.2. The van der Waals surface area contributed by atoms with Crippen molar-refractivity contribution >= 4 is 29.3 Å². The first-order valence-corrected chi connectivity index (χ1v) is 10.6. The molecule has 0 aliphatic heterocycles. The molecule has 1 aromatic carbocycles. The Kier molecular flexibility index (Phi) is 8.09. The number of nitro benzene ring substituents is 1. The predicted molar refractivity (Wildman–Crippen MR) is 107 cm³/mol. The Morgan fingerprint density at radius 1 is 1.37 bits per heavy atom. The van der Waals surface area contributed by atoms with Gasteiger partial charge < -0.3 is 10.6 Å². The number of thioether (sulfide) groups is 1. The van der Waals surface area contributed by atoms with Crippen LogP contribution in [0, 0.1) is 16.0 Å². The highest BCUT2D eigenvalue weighted by molar-refractivity contribution is 7.98. The third-order valence-electron chi connectivity index (χ3n) is 4.83. The number of nitrogens with one attached hydrogen (secondary N) is 2. The predicted octanol–water partition coefficient (Wildman–Crippen LogP) is 3.14. The fraction of sp³-hybridized carbons (Fsp3) is 0.579. The van der Waals surface area contributed by atoms with E-state index in [1.165, 1.54) is 30.7 Å². The number of rotatable bonds is 8. The molecule has 0 spiro atoms. The van der Waals surface area contributed by atoms with Crippen LogP contribution in [-0.4, -0.2) is 40.8 Å². The van der Waals surface area contributed by atoms with E-state index in [0.29, 0.717) is 12.3 Å². The van der Waals surface area contributed by atoms with Crippen molar-refractivity contribution in [3.8, 4) is 0 Å². The zero-order valence-electron chi connectivity index (χ0n) is 15.8. The monoisotopic (exact) mass is 393 g/mol. The van der Waals surface area contributed by atoms with E-state index in [1.54, 1.807) is 11.8 Å².